The van der Waals surface area contributed by atoms with Crippen LogP contribution in [0.5, 0.6) is 0 Å². The molecule has 41 heavy (non-hydrogen) atoms. The molecular weight excluding hydrogens is 656 g/mol. The van der Waals surface area contributed by atoms with E-state index in [2.05, 4.69) is 50.5 Å². The van der Waals surface area contributed by atoms with Crippen molar-refractivity contribution < 1.29 is 36.8 Å². The van der Waals surface area contributed by atoms with Crippen LogP contribution in [-0.4, -0.2) is 50.5 Å². The van der Waals surface area contributed by atoms with Crippen LogP contribution < -0.4 is 17.0 Å². The number of halogens is 2. The molecule has 0 aromatic carbocycles. The van der Waals surface area contributed by atoms with E-state index in [0.717, 1.165) is 49.3 Å². The van der Waals surface area contributed by atoms with Crippen molar-refractivity contribution in [3.8, 4) is 0 Å². The second-order valence-corrected chi connectivity index (χ2v) is 12.7. The van der Waals surface area contributed by atoms with Crippen molar-refractivity contribution in [1.82, 2.24) is 0 Å². The van der Waals surface area contributed by atoms with Crippen LogP contribution in [0.4, 0.5) is 0 Å². The maximum Gasteiger partial charge on any atom is 2.00 e. The largest absolute Gasteiger partial charge is 2.00 e. The minimum atomic E-state index is -0.662. The average molecular weight is 725 g/mol. The number of hydrogen-bond acceptors (Lipinski definition) is 2. The topological polar surface area (TPSA) is 74.6 Å². The van der Waals surface area contributed by atoms with Gasteiger partial charge in [-0.25, -0.2) is 0 Å². The first-order valence-electron chi connectivity index (χ1n) is 16.5. The predicted octanol–water partition coefficient (Wildman–Crippen LogP) is 8.65. The monoisotopic (exact) mass is 722 g/mol. The quantitative estimate of drug-likeness (QED) is 0.0406. The summed E-state index contributed by atoms with van der Waals surface area (Å²) in [5, 5.41) is 18.1. The van der Waals surface area contributed by atoms with Gasteiger partial charge in [-0.05, 0) is 25.2 Å². The molecule has 0 aliphatic carbocycles. The Hall–Kier alpha value is 0.666. The Kier molecular flexibility index (Phi) is 56.4. The molecule has 0 atom stereocenters. The van der Waals surface area contributed by atoms with E-state index in [-0.39, 0.29) is 40.0 Å². The van der Waals surface area contributed by atoms with Gasteiger partial charge in [0.25, 0.3) is 0 Å². The van der Waals surface area contributed by atoms with Gasteiger partial charge in [0, 0.05) is 18.2 Å². The Morgan fingerprint density at radius 2 is 0.780 bits per heavy atom. The molecule has 0 saturated carbocycles. The molecule has 0 saturated heterocycles. The standard InChI is InChI=1S/C17H34O2.C12H23BrO2.C5H11.BrH.Mg/c1-16(2)14-12-10-8-6-4-3-5-7-9-11-13-15-17(18)19;13-11-9-7-5-3-1-2-4-6-8-10-12(14)15;1-4-5(2)3;;/h16H,3-15H2,1-2H3,(H,18,19);1-11H2,(H,14,15);5H,1,4H2,2-3H3;1H;/q;;-1;;+2/p-1. The summed E-state index contributed by atoms with van der Waals surface area (Å²) in [6.45, 7) is 12.6. The molecule has 7 heteroatoms. The van der Waals surface area contributed by atoms with Crippen molar-refractivity contribution in [3.63, 3.8) is 0 Å². The summed E-state index contributed by atoms with van der Waals surface area (Å²) < 4.78 is 0. The van der Waals surface area contributed by atoms with Gasteiger partial charge in [0.15, 0.2) is 0 Å². The van der Waals surface area contributed by atoms with Gasteiger partial charge in [0.2, 0.25) is 0 Å². The van der Waals surface area contributed by atoms with Crippen molar-refractivity contribution in [2.75, 3.05) is 5.33 Å². The Bertz CT molecular complexity index is 491. The van der Waals surface area contributed by atoms with E-state index in [4.69, 9.17) is 10.2 Å². The molecule has 0 unspecified atom stereocenters. The van der Waals surface area contributed by atoms with E-state index in [1.54, 1.807) is 0 Å². The average Bonchev–Trinajstić information content (AvgIpc) is 2.88. The second kappa shape index (κ2) is 45.1. The van der Waals surface area contributed by atoms with Crippen LogP contribution in [0.3, 0.4) is 0 Å². The van der Waals surface area contributed by atoms with Crippen molar-refractivity contribution in [1.29, 1.82) is 0 Å². The number of carboxylic acids is 2. The van der Waals surface area contributed by atoms with Crippen molar-refractivity contribution in [2.24, 2.45) is 11.8 Å². The third-order valence-electron chi connectivity index (χ3n) is 6.77. The molecule has 0 radical (unpaired) electrons. The van der Waals surface area contributed by atoms with Crippen LogP contribution in [0.1, 0.15) is 182 Å². The van der Waals surface area contributed by atoms with Crippen LogP contribution in [0.25, 0.3) is 0 Å². The van der Waals surface area contributed by atoms with Crippen LogP contribution in [-0.2, 0) is 9.59 Å². The van der Waals surface area contributed by atoms with Gasteiger partial charge in [-0.15, -0.1) is 0 Å². The van der Waals surface area contributed by atoms with Crippen LogP contribution in [0.2, 0.25) is 0 Å². The predicted molar refractivity (Wildman–Crippen MR) is 181 cm³/mol. The van der Waals surface area contributed by atoms with Gasteiger partial charge >= 0.3 is 35.0 Å². The summed E-state index contributed by atoms with van der Waals surface area (Å²) in [4.78, 5) is 20.5. The van der Waals surface area contributed by atoms with E-state index < -0.39 is 11.9 Å². The Balaban J connectivity index is -0.000000176. The van der Waals surface area contributed by atoms with Crippen LogP contribution in [0.15, 0.2) is 0 Å². The number of hydrogen-bond donors (Lipinski definition) is 2. The zero-order chi connectivity index (χ0) is 30.0. The molecule has 4 nitrogen and oxygen atoms in total. The number of unbranched alkanes of at least 4 members (excludes halogenated alkanes) is 18. The third-order valence-corrected chi connectivity index (χ3v) is 7.33. The Morgan fingerprint density at radius 1 is 0.537 bits per heavy atom. The first kappa shape index (κ1) is 51.3. The SMILES string of the molecule is CC(C)CCCCCCCCCCCCCC(=O)O.O=C(O)CCCCCCCCCCCBr.[Br-].[CH2-]CC(C)C.[Mg+2]. The minimum Gasteiger partial charge on any atom is -1.00 e. The number of aliphatic carboxylic acids is 2. The Morgan fingerprint density at radius 3 is 1.00 bits per heavy atom. The van der Waals surface area contributed by atoms with E-state index in [9.17, 15) is 9.59 Å². The van der Waals surface area contributed by atoms with Crippen molar-refractivity contribution in [3.05, 3.63) is 6.92 Å². The molecule has 0 amide bonds. The van der Waals surface area contributed by atoms with Gasteiger partial charge in [0.1, 0.15) is 0 Å². The Labute approximate surface area is 291 Å². The van der Waals surface area contributed by atoms with Gasteiger partial charge in [0.05, 0.1) is 0 Å². The summed E-state index contributed by atoms with van der Waals surface area (Å²) in [6.07, 6.45) is 28.3. The molecular formula is C34H68Br2MgO4. The number of rotatable bonds is 26. The normalized spacial score (nSPS) is 10.1. The summed E-state index contributed by atoms with van der Waals surface area (Å²) in [5.41, 5.74) is 0. The zero-order valence-corrected chi connectivity index (χ0v) is 32.3. The molecule has 0 spiro atoms. The first-order valence-corrected chi connectivity index (χ1v) is 17.6. The fourth-order valence-corrected chi connectivity index (χ4v) is 4.42. The van der Waals surface area contributed by atoms with Crippen LogP contribution >= 0.6 is 15.9 Å². The molecule has 0 aliphatic rings. The van der Waals surface area contributed by atoms with Gasteiger partial charge in [-0.3, -0.25) is 9.59 Å². The summed E-state index contributed by atoms with van der Waals surface area (Å²) >= 11 is 3.42. The van der Waals surface area contributed by atoms with Gasteiger partial charge < -0.3 is 34.1 Å². The van der Waals surface area contributed by atoms with E-state index in [0.29, 0.717) is 12.8 Å². The zero-order valence-electron chi connectivity index (χ0n) is 27.7. The maximum absolute atomic E-state index is 10.3. The van der Waals surface area contributed by atoms with E-state index >= 15 is 0 Å². The molecule has 0 rings (SSSR count). The molecule has 0 aromatic heterocycles. The molecule has 2 N–H and O–H groups in total. The van der Waals surface area contributed by atoms with Gasteiger partial charge in [-0.1, -0.05) is 165 Å². The van der Waals surface area contributed by atoms with Crippen molar-refractivity contribution >= 4 is 50.9 Å². The third kappa shape index (κ3) is 64.7. The first-order chi connectivity index (χ1) is 18.7. The number of carbonyl (C=O) groups is 2. The molecule has 0 heterocycles. The number of alkyl halides is 1. The van der Waals surface area contributed by atoms with Crippen LogP contribution in [0, 0.1) is 18.8 Å². The fraction of sp³-hybridized carbons (Fsp3) is 0.912. The smallest absolute Gasteiger partial charge is 1.00 e. The van der Waals surface area contributed by atoms with E-state index in [1.807, 2.05) is 0 Å². The number of carboxylic acid groups (broad SMARTS) is 2. The molecule has 0 fully saturated rings. The second-order valence-electron chi connectivity index (χ2n) is 11.9. The minimum absolute atomic E-state index is 0. The van der Waals surface area contributed by atoms with Gasteiger partial charge in [-0.2, -0.15) is 6.42 Å². The van der Waals surface area contributed by atoms with E-state index in [1.165, 1.54) is 109 Å². The summed E-state index contributed by atoms with van der Waals surface area (Å²) in [7, 11) is 0. The molecule has 0 bridgehead atoms. The van der Waals surface area contributed by atoms with Crippen molar-refractivity contribution in [2.45, 2.75) is 182 Å². The molecule has 0 aromatic rings. The molecule has 0 aliphatic heterocycles. The maximum atomic E-state index is 10.3. The summed E-state index contributed by atoms with van der Waals surface area (Å²) in [6, 6.07) is 0. The molecule has 244 valence electrons. The summed E-state index contributed by atoms with van der Waals surface area (Å²) in [5.74, 6) is 0.318. The fourth-order valence-electron chi connectivity index (χ4n) is 4.03.